The topological polar surface area (TPSA) is 37.4 Å². The zero-order valence-electron chi connectivity index (χ0n) is 11.6. The number of nitrogens with zero attached hydrogens (tertiary/aromatic N) is 1. The van der Waals surface area contributed by atoms with Crippen molar-refractivity contribution in [2.75, 3.05) is 11.4 Å². The number of aryl methyl sites for hydroxylation is 1. The van der Waals surface area contributed by atoms with E-state index in [1.807, 2.05) is 25.1 Å². The molecule has 4 heteroatoms. The van der Waals surface area contributed by atoms with Crippen LogP contribution in [0.15, 0.2) is 42.5 Å². The standard InChI is InChI=1S/C17H14ClNO2/c1-11-3-2-4-12(9-11)17(21)19-8-7-16(20)14-10-13(18)5-6-15(14)19/h2-6,9-10H,7-8H2,1H3. The van der Waals surface area contributed by atoms with Crippen molar-refractivity contribution < 1.29 is 9.59 Å². The molecule has 3 nitrogen and oxygen atoms in total. The van der Waals surface area contributed by atoms with Gasteiger partial charge >= 0.3 is 0 Å². The Balaban J connectivity index is 2.03. The van der Waals surface area contributed by atoms with Crippen molar-refractivity contribution in [1.29, 1.82) is 0 Å². The van der Waals surface area contributed by atoms with Crippen molar-refractivity contribution in [1.82, 2.24) is 0 Å². The van der Waals surface area contributed by atoms with E-state index in [1.54, 1.807) is 29.2 Å². The van der Waals surface area contributed by atoms with Gasteiger partial charge in [-0.15, -0.1) is 0 Å². The Hall–Kier alpha value is -2.13. The molecule has 2 aromatic rings. The summed E-state index contributed by atoms with van der Waals surface area (Å²) in [5.74, 6) is -0.0597. The van der Waals surface area contributed by atoms with Crippen LogP contribution in [-0.4, -0.2) is 18.2 Å². The van der Waals surface area contributed by atoms with Gasteiger partial charge in [0.1, 0.15) is 0 Å². The fourth-order valence-corrected chi connectivity index (χ4v) is 2.75. The summed E-state index contributed by atoms with van der Waals surface area (Å²) < 4.78 is 0. The fraction of sp³-hybridized carbons (Fsp3) is 0.176. The van der Waals surface area contributed by atoms with Gasteiger partial charge in [-0.05, 0) is 37.3 Å². The minimum absolute atomic E-state index is 0.0285. The third-order valence-corrected chi connectivity index (χ3v) is 3.86. The van der Waals surface area contributed by atoms with Gasteiger partial charge in [-0.2, -0.15) is 0 Å². The number of benzene rings is 2. The number of carbonyl (C=O) groups excluding carboxylic acids is 2. The van der Waals surface area contributed by atoms with Crippen molar-refractivity contribution in [3.8, 4) is 0 Å². The maximum atomic E-state index is 12.7. The van der Waals surface area contributed by atoms with Gasteiger partial charge in [0.2, 0.25) is 0 Å². The number of carbonyl (C=O) groups is 2. The molecule has 0 radical (unpaired) electrons. The summed E-state index contributed by atoms with van der Waals surface area (Å²) in [4.78, 5) is 26.3. The average molecular weight is 300 g/mol. The number of halogens is 1. The van der Waals surface area contributed by atoms with E-state index in [9.17, 15) is 9.59 Å². The third-order valence-electron chi connectivity index (χ3n) is 3.62. The van der Waals surface area contributed by atoms with Crippen LogP contribution in [-0.2, 0) is 0 Å². The predicted molar refractivity (Wildman–Crippen MR) is 83.3 cm³/mol. The van der Waals surface area contributed by atoms with Crippen LogP contribution in [0.5, 0.6) is 0 Å². The molecular formula is C17H14ClNO2. The van der Waals surface area contributed by atoms with Crippen molar-refractivity contribution in [3.05, 3.63) is 64.2 Å². The van der Waals surface area contributed by atoms with Gasteiger partial charge in [-0.1, -0.05) is 29.3 Å². The summed E-state index contributed by atoms with van der Waals surface area (Å²) in [5, 5.41) is 0.506. The minimum atomic E-state index is -0.0882. The number of Topliss-reactive ketones (excluding diaryl/α,β-unsaturated/α-hetero) is 1. The van der Waals surface area contributed by atoms with E-state index in [1.165, 1.54) is 0 Å². The second kappa shape index (κ2) is 5.34. The normalized spacial score (nSPS) is 14.0. The molecule has 2 aromatic carbocycles. The van der Waals surface area contributed by atoms with Crippen molar-refractivity contribution >= 4 is 29.0 Å². The summed E-state index contributed by atoms with van der Waals surface area (Å²) >= 11 is 5.95. The number of anilines is 1. The molecule has 21 heavy (non-hydrogen) atoms. The van der Waals surface area contributed by atoms with Gasteiger partial charge in [0.15, 0.2) is 5.78 Å². The van der Waals surface area contributed by atoms with E-state index in [2.05, 4.69) is 0 Å². The maximum Gasteiger partial charge on any atom is 0.258 e. The first kappa shape index (κ1) is 13.8. The Morgan fingerprint density at radius 3 is 2.76 bits per heavy atom. The molecule has 0 saturated carbocycles. The van der Waals surface area contributed by atoms with Crippen LogP contribution in [0.4, 0.5) is 5.69 Å². The van der Waals surface area contributed by atoms with Crippen LogP contribution >= 0.6 is 11.6 Å². The Kier molecular flexibility index (Phi) is 3.52. The van der Waals surface area contributed by atoms with Gasteiger partial charge in [-0.25, -0.2) is 0 Å². The van der Waals surface area contributed by atoms with Crippen molar-refractivity contribution in [3.63, 3.8) is 0 Å². The van der Waals surface area contributed by atoms with Crippen LogP contribution in [0.2, 0.25) is 5.02 Å². The molecule has 0 N–H and O–H groups in total. The predicted octanol–water partition coefficient (Wildman–Crippen LogP) is 3.88. The summed E-state index contributed by atoms with van der Waals surface area (Å²) in [7, 11) is 0. The first-order valence-corrected chi connectivity index (χ1v) is 7.15. The molecule has 0 unspecified atom stereocenters. The molecule has 0 atom stereocenters. The monoisotopic (exact) mass is 299 g/mol. The van der Waals surface area contributed by atoms with Gasteiger partial charge < -0.3 is 4.90 Å². The van der Waals surface area contributed by atoms with E-state index < -0.39 is 0 Å². The summed E-state index contributed by atoms with van der Waals surface area (Å²) in [6.45, 7) is 2.35. The van der Waals surface area contributed by atoms with Gasteiger partial charge in [-0.3, -0.25) is 9.59 Å². The van der Waals surface area contributed by atoms with E-state index in [4.69, 9.17) is 11.6 Å². The number of amides is 1. The molecular weight excluding hydrogens is 286 g/mol. The van der Waals surface area contributed by atoms with Crippen LogP contribution in [0.1, 0.15) is 32.7 Å². The van der Waals surface area contributed by atoms with E-state index in [0.29, 0.717) is 34.8 Å². The Labute approximate surface area is 128 Å². The zero-order valence-corrected chi connectivity index (χ0v) is 12.4. The smallest absolute Gasteiger partial charge is 0.258 e. The zero-order chi connectivity index (χ0) is 15.0. The lowest BCUT2D eigenvalue weighted by Gasteiger charge is -2.29. The highest BCUT2D eigenvalue weighted by Gasteiger charge is 2.28. The van der Waals surface area contributed by atoms with Crippen LogP contribution in [0.3, 0.4) is 0 Å². The molecule has 3 rings (SSSR count). The van der Waals surface area contributed by atoms with Crippen molar-refractivity contribution in [2.45, 2.75) is 13.3 Å². The maximum absolute atomic E-state index is 12.7. The largest absolute Gasteiger partial charge is 0.307 e. The lowest BCUT2D eigenvalue weighted by atomic mass is 9.99. The molecule has 0 aliphatic carbocycles. The van der Waals surface area contributed by atoms with Gasteiger partial charge in [0.25, 0.3) is 5.91 Å². The number of rotatable bonds is 1. The minimum Gasteiger partial charge on any atom is -0.307 e. The first-order valence-electron chi connectivity index (χ1n) is 6.77. The summed E-state index contributed by atoms with van der Waals surface area (Å²) in [6, 6.07) is 12.5. The second-order valence-electron chi connectivity index (χ2n) is 5.16. The molecule has 0 fully saturated rings. The van der Waals surface area contributed by atoms with E-state index in [-0.39, 0.29) is 11.7 Å². The average Bonchev–Trinajstić information content (AvgIpc) is 2.47. The molecule has 0 aromatic heterocycles. The molecule has 106 valence electrons. The van der Waals surface area contributed by atoms with Gasteiger partial charge in [0.05, 0.1) is 5.69 Å². The molecule has 0 bridgehead atoms. The van der Waals surface area contributed by atoms with E-state index in [0.717, 1.165) is 5.56 Å². The van der Waals surface area contributed by atoms with Crippen LogP contribution in [0, 0.1) is 6.92 Å². The highest BCUT2D eigenvalue weighted by Crippen LogP contribution is 2.30. The number of fused-ring (bicyclic) bond motifs is 1. The Morgan fingerprint density at radius 1 is 1.19 bits per heavy atom. The third kappa shape index (κ3) is 2.57. The molecule has 0 saturated heterocycles. The summed E-state index contributed by atoms with van der Waals surface area (Å²) in [5.41, 5.74) is 2.83. The molecule has 1 amide bonds. The second-order valence-corrected chi connectivity index (χ2v) is 5.60. The lowest BCUT2D eigenvalue weighted by Crippen LogP contribution is -2.37. The molecule has 1 aliphatic heterocycles. The molecule has 0 spiro atoms. The highest BCUT2D eigenvalue weighted by molar-refractivity contribution is 6.31. The first-order chi connectivity index (χ1) is 10.1. The Morgan fingerprint density at radius 2 is 2.00 bits per heavy atom. The number of ketones is 1. The van der Waals surface area contributed by atoms with Gasteiger partial charge in [0, 0.05) is 29.1 Å². The highest BCUT2D eigenvalue weighted by atomic mass is 35.5. The summed E-state index contributed by atoms with van der Waals surface area (Å²) in [6.07, 6.45) is 0.324. The van der Waals surface area contributed by atoms with Crippen LogP contribution in [0.25, 0.3) is 0 Å². The molecule has 1 aliphatic rings. The number of hydrogen-bond acceptors (Lipinski definition) is 2. The van der Waals surface area contributed by atoms with Crippen LogP contribution < -0.4 is 4.90 Å². The van der Waals surface area contributed by atoms with Crippen molar-refractivity contribution in [2.24, 2.45) is 0 Å². The number of hydrogen-bond donors (Lipinski definition) is 0. The Bertz CT molecular complexity index is 739. The lowest BCUT2D eigenvalue weighted by molar-refractivity contribution is 0.0955. The quantitative estimate of drug-likeness (QED) is 0.801. The SMILES string of the molecule is Cc1cccc(C(=O)N2CCC(=O)c3cc(Cl)ccc32)c1. The molecule has 1 heterocycles. The fourth-order valence-electron chi connectivity index (χ4n) is 2.58. The van der Waals surface area contributed by atoms with E-state index >= 15 is 0 Å².